The Morgan fingerprint density at radius 3 is 2.82 bits per heavy atom. The number of aromatic nitrogens is 2. The van der Waals surface area contributed by atoms with Crippen molar-refractivity contribution in [2.24, 2.45) is 17.6 Å². The second kappa shape index (κ2) is 5.25. The Morgan fingerprint density at radius 1 is 1.23 bits per heavy atom. The van der Waals surface area contributed by atoms with Crippen molar-refractivity contribution >= 4 is 5.91 Å². The molecular weight excluding hydrogens is 276 g/mol. The molecule has 1 aromatic heterocycles. The molecule has 1 saturated heterocycles. The van der Waals surface area contributed by atoms with Crippen molar-refractivity contribution in [3.8, 4) is 11.3 Å². The number of carbonyl (C=O) groups is 1. The Hall–Kier alpha value is -2.14. The van der Waals surface area contributed by atoms with E-state index in [1.54, 1.807) is 6.20 Å². The van der Waals surface area contributed by atoms with Gasteiger partial charge in [0.05, 0.1) is 17.5 Å². The van der Waals surface area contributed by atoms with E-state index in [0.717, 1.165) is 37.2 Å². The van der Waals surface area contributed by atoms with Crippen LogP contribution in [0.3, 0.4) is 0 Å². The predicted molar refractivity (Wildman–Crippen MR) is 84.1 cm³/mol. The Morgan fingerprint density at radius 2 is 2.05 bits per heavy atom. The predicted octanol–water partition coefficient (Wildman–Crippen LogP) is 1.89. The summed E-state index contributed by atoms with van der Waals surface area (Å²) in [7, 11) is 0. The van der Waals surface area contributed by atoms with Crippen LogP contribution in [0.2, 0.25) is 0 Å². The van der Waals surface area contributed by atoms with E-state index >= 15 is 0 Å². The summed E-state index contributed by atoms with van der Waals surface area (Å²) in [6, 6.07) is 10.1. The number of nitrogens with zero attached hydrogens (tertiary/aromatic N) is 2. The quantitative estimate of drug-likeness (QED) is 0.888. The van der Waals surface area contributed by atoms with E-state index in [9.17, 15) is 4.79 Å². The van der Waals surface area contributed by atoms with E-state index in [4.69, 9.17) is 5.73 Å². The number of rotatable bonds is 2. The number of nitrogens with two attached hydrogens (primary N) is 1. The number of hydrogen-bond acceptors (Lipinski definition) is 3. The van der Waals surface area contributed by atoms with Crippen LogP contribution in [0.25, 0.3) is 11.3 Å². The number of nitrogens with one attached hydrogen (secondary N) is 1. The fourth-order valence-electron chi connectivity index (χ4n) is 3.92. The maximum absolute atomic E-state index is 12.9. The third kappa shape index (κ3) is 2.13. The number of carbonyl (C=O) groups excluding carboxylic acids is 1. The summed E-state index contributed by atoms with van der Waals surface area (Å²) in [5, 5.41) is 7.04. The van der Waals surface area contributed by atoms with E-state index in [0.29, 0.717) is 17.4 Å². The molecule has 2 fully saturated rings. The molecule has 3 unspecified atom stereocenters. The third-order valence-electron chi connectivity index (χ3n) is 5.13. The first-order valence-corrected chi connectivity index (χ1v) is 7.87. The van der Waals surface area contributed by atoms with Gasteiger partial charge in [0.25, 0.3) is 5.91 Å². The Balaban J connectivity index is 1.59. The third-order valence-corrected chi connectivity index (χ3v) is 5.13. The maximum Gasteiger partial charge on any atom is 0.257 e. The molecule has 0 bridgehead atoms. The van der Waals surface area contributed by atoms with Crippen molar-refractivity contribution in [2.45, 2.75) is 18.9 Å². The number of aromatic amines is 1. The van der Waals surface area contributed by atoms with Crippen LogP contribution in [0, 0.1) is 11.8 Å². The molecule has 1 aliphatic heterocycles. The molecule has 2 aliphatic rings. The molecule has 2 heterocycles. The molecule has 1 aliphatic carbocycles. The number of likely N-dealkylation sites (tertiary alicyclic amines) is 1. The van der Waals surface area contributed by atoms with Gasteiger partial charge in [0.15, 0.2) is 0 Å². The first-order valence-electron chi connectivity index (χ1n) is 7.87. The zero-order valence-electron chi connectivity index (χ0n) is 12.4. The second-order valence-corrected chi connectivity index (χ2v) is 6.40. The summed E-state index contributed by atoms with van der Waals surface area (Å²) in [5.41, 5.74) is 8.60. The first-order chi connectivity index (χ1) is 10.7. The van der Waals surface area contributed by atoms with Gasteiger partial charge in [0, 0.05) is 24.7 Å². The molecule has 22 heavy (non-hydrogen) atoms. The van der Waals surface area contributed by atoms with Gasteiger partial charge in [-0.2, -0.15) is 5.10 Å². The number of hydrogen-bond donors (Lipinski definition) is 2. The second-order valence-electron chi connectivity index (χ2n) is 6.40. The molecule has 0 radical (unpaired) electrons. The SMILES string of the molecule is NC1CCC2CN(C(=O)c3cn[nH]c3-c3ccccc3)CC12. The van der Waals surface area contributed by atoms with Gasteiger partial charge in [0.1, 0.15) is 0 Å². The molecule has 5 heteroatoms. The van der Waals surface area contributed by atoms with Gasteiger partial charge >= 0.3 is 0 Å². The lowest BCUT2D eigenvalue weighted by Gasteiger charge is -2.18. The Labute approximate surface area is 129 Å². The minimum atomic E-state index is 0.0641. The van der Waals surface area contributed by atoms with Crippen LogP contribution < -0.4 is 5.73 Å². The molecule has 114 valence electrons. The van der Waals surface area contributed by atoms with E-state index in [2.05, 4.69) is 10.2 Å². The first kappa shape index (κ1) is 13.5. The van der Waals surface area contributed by atoms with Crippen molar-refractivity contribution in [1.82, 2.24) is 15.1 Å². The van der Waals surface area contributed by atoms with Crippen LogP contribution in [0.15, 0.2) is 36.5 Å². The fourth-order valence-corrected chi connectivity index (χ4v) is 3.92. The van der Waals surface area contributed by atoms with Gasteiger partial charge < -0.3 is 10.6 Å². The molecule has 5 nitrogen and oxygen atoms in total. The fraction of sp³-hybridized carbons (Fsp3) is 0.412. The topological polar surface area (TPSA) is 75.0 Å². The van der Waals surface area contributed by atoms with Crippen LogP contribution in [0.4, 0.5) is 0 Å². The molecule has 2 aromatic rings. The number of H-pyrrole nitrogens is 1. The Kier molecular flexibility index (Phi) is 3.22. The highest BCUT2D eigenvalue weighted by atomic mass is 16.2. The average Bonchev–Trinajstić information content (AvgIpc) is 3.25. The number of fused-ring (bicyclic) bond motifs is 1. The van der Waals surface area contributed by atoms with E-state index < -0.39 is 0 Å². The van der Waals surface area contributed by atoms with Gasteiger partial charge in [-0.05, 0) is 24.7 Å². The highest BCUT2D eigenvalue weighted by molar-refractivity contribution is 5.99. The van der Waals surface area contributed by atoms with E-state index in [1.807, 2.05) is 35.2 Å². The largest absolute Gasteiger partial charge is 0.338 e. The van der Waals surface area contributed by atoms with Crippen molar-refractivity contribution in [1.29, 1.82) is 0 Å². The minimum absolute atomic E-state index is 0.0641. The van der Waals surface area contributed by atoms with E-state index in [1.165, 1.54) is 0 Å². The van der Waals surface area contributed by atoms with Crippen LogP contribution >= 0.6 is 0 Å². The highest BCUT2D eigenvalue weighted by Gasteiger charge is 2.43. The van der Waals surface area contributed by atoms with Gasteiger partial charge in [-0.3, -0.25) is 9.89 Å². The zero-order chi connectivity index (χ0) is 15.1. The molecule has 1 aromatic carbocycles. The summed E-state index contributed by atoms with van der Waals surface area (Å²) in [6.07, 6.45) is 3.88. The lowest BCUT2D eigenvalue weighted by Crippen LogP contribution is -2.33. The summed E-state index contributed by atoms with van der Waals surface area (Å²) < 4.78 is 0. The van der Waals surface area contributed by atoms with Crippen LogP contribution in [-0.4, -0.2) is 40.1 Å². The van der Waals surface area contributed by atoms with Crippen LogP contribution in [-0.2, 0) is 0 Å². The molecule has 3 atom stereocenters. The van der Waals surface area contributed by atoms with Crippen molar-refractivity contribution in [3.63, 3.8) is 0 Å². The molecule has 4 rings (SSSR count). The number of amides is 1. The van der Waals surface area contributed by atoms with Gasteiger partial charge in [-0.25, -0.2) is 0 Å². The van der Waals surface area contributed by atoms with Gasteiger partial charge in [0.2, 0.25) is 0 Å². The van der Waals surface area contributed by atoms with Crippen molar-refractivity contribution in [2.75, 3.05) is 13.1 Å². The minimum Gasteiger partial charge on any atom is -0.338 e. The van der Waals surface area contributed by atoms with Crippen molar-refractivity contribution in [3.05, 3.63) is 42.1 Å². The lowest BCUT2D eigenvalue weighted by atomic mass is 9.98. The summed E-state index contributed by atoms with van der Waals surface area (Å²) in [5.74, 6) is 1.11. The highest BCUT2D eigenvalue weighted by Crippen LogP contribution is 2.38. The smallest absolute Gasteiger partial charge is 0.257 e. The zero-order valence-corrected chi connectivity index (χ0v) is 12.4. The number of benzene rings is 1. The summed E-state index contributed by atoms with van der Waals surface area (Å²) in [4.78, 5) is 14.8. The Bertz CT molecular complexity index is 681. The maximum atomic E-state index is 12.9. The standard InChI is InChI=1S/C17H20N4O/c18-15-7-6-12-9-21(10-14(12)15)17(22)13-8-19-20-16(13)11-4-2-1-3-5-11/h1-5,8,12,14-15H,6-7,9-10,18H2,(H,19,20). The molecular formula is C17H20N4O. The monoisotopic (exact) mass is 296 g/mol. The normalized spacial score (nSPS) is 27.1. The molecule has 0 spiro atoms. The molecule has 1 amide bonds. The van der Waals surface area contributed by atoms with Crippen LogP contribution in [0.5, 0.6) is 0 Å². The van der Waals surface area contributed by atoms with E-state index in [-0.39, 0.29) is 11.9 Å². The van der Waals surface area contributed by atoms with Crippen LogP contribution in [0.1, 0.15) is 23.2 Å². The molecule has 3 N–H and O–H groups in total. The van der Waals surface area contributed by atoms with Crippen molar-refractivity contribution < 1.29 is 4.79 Å². The lowest BCUT2D eigenvalue weighted by molar-refractivity contribution is 0.0780. The summed E-state index contributed by atoms with van der Waals surface area (Å²) >= 11 is 0. The van der Waals surface area contributed by atoms with Gasteiger partial charge in [-0.15, -0.1) is 0 Å². The summed E-state index contributed by atoms with van der Waals surface area (Å²) in [6.45, 7) is 1.61. The average molecular weight is 296 g/mol. The van der Waals surface area contributed by atoms with Gasteiger partial charge in [-0.1, -0.05) is 30.3 Å². The molecule has 1 saturated carbocycles.